The van der Waals surface area contributed by atoms with Crippen LogP contribution in [0.3, 0.4) is 0 Å². The van der Waals surface area contributed by atoms with Crippen molar-refractivity contribution in [2.45, 2.75) is 32.2 Å². The van der Waals surface area contributed by atoms with E-state index in [9.17, 15) is 0 Å². The molecule has 1 aromatic heterocycles. The maximum Gasteiger partial charge on any atom is 0.232 e. The molecule has 1 fully saturated rings. The van der Waals surface area contributed by atoms with E-state index in [4.69, 9.17) is 27.9 Å². The molecule has 132 valence electrons. The Kier molecular flexibility index (Phi) is 6.00. The molecule has 3 nitrogen and oxygen atoms in total. The molecule has 5 heteroatoms. The Morgan fingerprint density at radius 1 is 1.28 bits per heavy atom. The number of aryl methyl sites for hydroxylation is 1. The number of halogens is 2. The molecule has 0 spiro atoms. The summed E-state index contributed by atoms with van der Waals surface area (Å²) < 4.78 is 5.29. The maximum atomic E-state index is 6.45. The molecule has 0 unspecified atom stereocenters. The van der Waals surface area contributed by atoms with E-state index in [0.717, 1.165) is 46.8 Å². The Hall–Kier alpha value is -1.55. The summed E-state index contributed by atoms with van der Waals surface area (Å²) in [6.45, 7) is 3.15. The molecule has 1 saturated heterocycles. The summed E-state index contributed by atoms with van der Waals surface area (Å²) in [6.07, 6.45) is 5.45. The van der Waals surface area contributed by atoms with E-state index in [1.165, 1.54) is 6.42 Å². The lowest BCUT2D eigenvalue weighted by Gasteiger charge is -2.14. The molecule has 0 amide bonds. The number of hydrogen-bond donors (Lipinski definition) is 1. The van der Waals surface area contributed by atoms with Crippen LogP contribution in [-0.4, -0.2) is 24.7 Å². The first-order valence-corrected chi connectivity index (χ1v) is 9.33. The third-order valence-electron chi connectivity index (χ3n) is 4.49. The minimum absolute atomic E-state index is 0.336. The predicted octanol–water partition coefficient (Wildman–Crippen LogP) is 5.14. The van der Waals surface area contributed by atoms with Gasteiger partial charge in [-0.2, -0.15) is 0 Å². The van der Waals surface area contributed by atoms with Crippen molar-refractivity contribution in [3.8, 4) is 5.88 Å². The first kappa shape index (κ1) is 18.2. The zero-order valence-electron chi connectivity index (χ0n) is 14.5. The fraction of sp³-hybridized carbons (Fsp3) is 0.350. The zero-order chi connectivity index (χ0) is 17.8. The zero-order valence-corrected chi connectivity index (χ0v) is 16.0. The van der Waals surface area contributed by atoms with Crippen LogP contribution in [0.15, 0.2) is 36.4 Å². The van der Waals surface area contributed by atoms with Crippen molar-refractivity contribution in [1.82, 2.24) is 10.3 Å². The highest BCUT2D eigenvalue weighted by molar-refractivity contribution is 6.32. The second kappa shape index (κ2) is 8.22. The SMILES string of the molecule is CCc1ccc(/C(=C\[C@H]2CCCN2)c2ccc(Cl)c(OC)n2)cc1Cl. The lowest BCUT2D eigenvalue weighted by molar-refractivity contribution is 0.398. The second-order valence-electron chi connectivity index (χ2n) is 6.13. The van der Waals surface area contributed by atoms with Gasteiger partial charge in [0, 0.05) is 16.6 Å². The van der Waals surface area contributed by atoms with Gasteiger partial charge in [0.1, 0.15) is 5.02 Å². The van der Waals surface area contributed by atoms with Crippen LogP contribution < -0.4 is 10.1 Å². The molecule has 0 saturated carbocycles. The van der Waals surface area contributed by atoms with Crippen molar-refractivity contribution < 1.29 is 4.74 Å². The highest BCUT2D eigenvalue weighted by Crippen LogP contribution is 2.31. The Morgan fingerprint density at radius 2 is 2.12 bits per heavy atom. The average Bonchev–Trinajstić information content (AvgIpc) is 3.13. The number of rotatable bonds is 5. The van der Waals surface area contributed by atoms with Crippen molar-refractivity contribution >= 4 is 28.8 Å². The molecule has 25 heavy (non-hydrogen) atoms. The number of nitrogens with zero attached hydrogens (tertiary/aromatic N) is 1. The minimum atomic E-state index is 0.336. The van der Waals surface area contributed by atoms with Gasteiger partial charge in [0.25, 0.3) is 0 Å². The van der Waals surface area contributed by atoms with Crippen molar-refractivity contribution in [1.29, 1.82) is 0 Å². The van der Waals surface area contributed by atoms with E-state index >= 15 is 0 Å². The van der Waals surface area contributed by atoms with Gasteiger partial charge in [-0.25, -0.2) is 4.98 Å². The quantitative estimate of drug-likeness (QED) is 0.783. The first-order valence-electron chi connectivity index (χ1n) is 8.57. The number of aromatic nitrogens is 1. The van der Waals surface area contributed by atoms with E-state index in [1.807, 2.05) is 18.2 Å². The van der Waals surface area contributed by atoms with Crippen LogP contribution in [0.2, 0.25) is 10.0 Å². The van der Waals surface area contributed by atoms with Gasteiger partial charge in [-0.1, -0.05) is 48.3 Å². The molecule has 1 aliphatic heterocycles. The first-order chi connectivity index (χ1) is 12.1. The molecule has 1 atom stereocenters. The van der Waals surface area contributed by atoms with Gasteiger partial charge in [-0.15, -0.1) is 0 Å². The molecule has 0 radical (unpaired) electrons. The van der Waals surface area contributed by atoms with E-state index < -0.39 is 0 Å². The van der Waals surface area contributed by atoms with Crippen molar-refractivity contribution in [3.05, 3.63) is 63.3 Å². The number of benzene rings is 1. The van der Waals surface area contributed by atoms with Crippen LogP contribution in [0.5, 0.6) is 5.88 Å². The molecular weight excluding hydrogens is 355 g/mol. The van der Waals surface area contributed by atoms with Gasteiger partial charge >= 0.3 is 0 Å². The monoisotopic (exact) mass is 376 g/mol. The van der Waals surface area contributed by atoms with Gasteiger partial charge in [0.15, 0.2) is 0 Å². The van der Waals surface area contributed by atoms with Crippen LogP contribution in [0.1, 0.15) is 36.6 Å². The van der Waals surface area contributed by atoms with Crippen LogP contribution >= 0.6 is 23.2 Å². The molecule has 1 aromatic carbocycles. The predicted molar refractivity (Wildman–Crippen MR) is 105 cm³/mol. The second-order valence-corrected chi connectivity index (χ2v) is 6.94. The highest BCUT2D eigenvalue weighted by atomic mass is 35.5. The van der Waals surface area contributed by atoms with Gasteiger partial charge in [0.2, 0.25) is 5.88 Å². The summed E-state index contributed by atoms with van der Waals surface area (Å²) in [7, 11) is 1.58. The standard InChI is InChI=1S/C20H22Cl2N2O/c1-3-13-6-7-14(11-18(13)22)16(12-15-5-4-10-23-15)19-9-8-17(21)20(24-19)25-2/h6-9,11-12,15,23H,3-5,10H2,1-2H3/b16-12+/t15-/m1/s1. The summed E-state index contributed by atoms with van der Waals surface area (Å²) >= 11 is 12.6. The normalized spacial score (nSPS) is 17.8. The van der Waals surface area contributed by atoms with Crippen molar-refractivity contribution in [2.75, 3.05) is 13.7 Å². The Morgan fingerprint density at radius 3 is 2.76 bits per heavy atom. The number of methoxy groups -OCH3 is 1. The van der Waals surface area contributed by atoms with E-state index in [0.29, 0.717) is 16.9 Å². The van der Waals surface area contributed by atoms with E-state index in [-0.39, 0.29) is 0 Å². The summed E-state index contributed by atoms with van der Waals surface area (Å²) in [5.41, 5.74) is 4.06. The third kappa shape index (κ3) is 4.17. The average molecular weight is 377 g/mol. The summed E-state index contributed by atoms with van der Waals surface area (Å²) in [4.78, 5) is 4.59. The fourth-order valence-corrected chi connectivity index (χ4v) is 3.60. The largest absolute Gasteiger partial charge is 0.480 e. The Balaban J connectivity index is 2.08. The molecule has 2 heterocycles. The molecule has 3 rings (SSSR count). The van der Waals surface area contributed by atoms with Crippen molar-refractivity contribution in [2.24, 2.45) is 0 Å². The molecule has 1 N–H and O–H groups in total. The van der Waals surface area contributed by atoms with Crippen LogP contribution in [0, 0.1) is 0 Å². The van der Waals surface area contributed by atoms with E-state index in [1.54, 1.807) is 7.11 Å². The smallest absolute Gasteiger partial charge is 0.232 e. The number of hydrogen-bond acceptors (Lipinski definition) is 3. The molecular formula is C20H22Cl2N2O. The summed E-state index contributed by atoms with van der Waals surface area (Å²) in [6, 6.07) is 10.3. The van der Waals surface area contributed by atoms with Gasteiger partial charge in [-0.3, -0.25) is 0 Å². The highest BCUT2D eigenvalue weighted by Gasteiger charge is 2.17. The lowest BCUT2D eigenvalue weighted by Crippen LogP contribution is -2.19. The molecule has 0 bridgehead atoms. The number of ether oxygens (including phenoxy) is 1. The van der Waals surface area contributed by atoms with E-state index in [2.05, 4.69) is 35.4 Å². The topological polar surface area (TPSA) is 34.1 Å². The number of nitrogens with one attached hydrogen (secondary N) is 1. The lowest BCUT2D eigenvalue weighted by atomic mass is 9.97. The van der Waals surface area contributed by atoms with Gasteiger partial charge < -0.3 is 10.1 Å². The van der Waals surface area contributed by atoms with Crippen LogP contribution in [0.25, 0.3) is 5.57 Å². The molecule has 0 aliphatic carbocycles. The summed E-state index contributed by atoms with van der Waals surface area (Å²) in [5.74, 6) is 0.431. The van der Waals surface area contributed by atoms with Gasteiger partial charge in [-0.05, 0) is 55.1 Å². The fourth-order valence-electron chi connectivity index (χ4n) is 3.10. The Labute approximate surface area is 159 Å². The molecule has 2 aromatic rings. The van der Waals surface area contributed by atoms with Crippen LogP contribution in [0.4, 0.5) is 0 Å². The van der Waals surface area contributed by atoms with Gasteiger partial charge in [0.05, 0.1) is 12.8 Å². The maximum absolute atomic E-state index is 6.45. The summed E-state index contributed by atoms with van der Waals surface area (Å²) in [5, 5.41) is 4.80. The third-order valence-corrected chi connectivity index (χ3v) is 5.13. The van der Waals surface area contributed by atoms with Crippen LogP contribution in [-0.2, 0) is 6.42 Å². The molecule has 1 aliphatic rings. The number of pyridine rings is 1. The van der Waals surface area contributed by atoms with Crippen molar-refractivity contribution in [3.63, 3.8) is 0 Å². The minimum Gasteiger partial charge on any atom is -0.480 e. The Bertz CT molecular complexity index is 783.